The van der Waals surface area contributed by atoms with Crippen molar-refractivity contribution in [2.24, 2.45) is 0 Å². The summed E-state index contributed by atoms with van der Waals surface area (Å²) in [5.74, 6) is 0.888. The van der Waals surface area contributed by atoms with Gasteiger partial charge in [-0.1, -0.05) is 12.1 Å². The van der Waals surface area contributed by atoms with Crippen LogP contribution in [0.3, 0.4) is 0 Å². The molecule has 1 aromatic carbocycles. The lowest BCUT2D eigenvalue weighted by Gasteiger charge is -1.92. The molecule has 72 valence electrons. The van der Waals surface area contributed by atoms with E-state index in [9.17, 15) is 0 Å². The summed E-state index contributed by atoms with van der Waals surface area (Å²) in [6, 6.07) is 11.9. The Hall–Kier alpha value is -2.16. The number of para-hydroxylation sites is 2. The van der Waals surface area contributed by atoms with E-state index in [1.807, 2.05) is 36.4 Å². The highest BCUT2D eigenvalue weighted by molar-refractivity contribution is 5.79. The third-order valence-electron chi connectivity index (χ3n) is 2.34. The van der Waals surface area contributed by atoms with Gasteiger partial charge < -0.3 is 4.98 Å². The van der Waals surface area contributed by atoms with Crippen molar-refractivity contribution in [3.8, 4) is 11.4 Å². The fraction of sp³-hybridized carbons (Fsp3) is 0. The van der Waals surface area contributed by atoms with E-state index in [1.54, 1.807) is 12.4 Å². The second-order valence-corrected chi connectivity index (χ2v) is 3.34. The van der Waals surface area contributed by atoms with Gasteiger partial charge in [0.15, 0.2) is 0 Å². The first kappa shape index (κ1) is 8.17. The van der Waals surface area contributed by atoms with Gasteiger partial charge in [-0.05, 0) is 24.3 Å². The van der Waals surface area contributed by atoms with Crippen molar-refractivity contribution in [2.45, 2.75) is 0 Å². The van der Waals surface area contributed by atoms with E-state index in [4.69, 9.17) is 0 Å². The molecule has 0 saturated carbocycles. The molecule has 0 unspecified atom stereocenters. The monoisotopic (exact) mass is 195 g/mol. The smallest absolute Gasteiger partial charge is 0.138 e. The number of rotatable bonds is 1. The van der Waals surface area contributed by atoms with Crippen LogP contribution in [0, 0.1) is 0 Å². The van der Waals surface area contributed by atoms with Crippen molar-refractivity contribution >= 4 is 11.0 Å². The molecule has 0 amide bonds. The summed E-state index contributed by atoms with van der Waals surface area (Å²) in [5.41, 5.74) is 3.11. The molecule has 2 aromatic heterocycles. The van der Waals surface area contributed by atoms with Crippen LogP contribution in [0.15, 0.2) is 48.8 Å². The van der Waals surface area contributed by atoms with Crippen molar-refractivity contribution in [3.05, 3.63) is 48.8 Å². The third kappa shape index (κ3) is 1.38. The molecule has 3 heteroatoms. The van der Waals surface area contributed by atoms with Crippen molar-refractivity contribution in [2.75, 3.05) is 0 Å². The second kappa shape index (κ2) is 3.20. The Kier molecular flexibility index (Phi) is 1.75. The molecule has 3 nitrogen and oxygen atoms in total. The Balaban J connectivity index is 2.21. The van der Waals surface area contributed by atoms with Gasteiger partial charge in [0, 0.05) is 18.0 Å². The molecule has 0 aliphatic heterocycles. The Morgan fingerprint density at radius 2 is 1.73 bits per heavy atom. The molecule has 15 heavy (non-hydrogen) atoms. The van der Waals surface area contributed by atoms with E-state index in [1.165, 1.54) is 0 Å². The molecule has 0 aliphatic rings. The maximum Gasteiger partial charge on any atom is 0.138 e. The number of nitrogens with one attached hydrogen (secondary N) is 1. The highest BCUT2D eigenvalue weighted by Crippen LogP contribution is 2.18. The van der Waals surface area contributed by atoms with Gasteiger partial charge in [0.25, 0.3) is 0 Å². The van der Waals surface area contributed by atoms with E-state index >= 15 is 0 Å². The van der Waals surface area contributed by atoms with E-state index in [2.05, 4.69) is 15.0 Å². The maximum atomic E-state index is 4.50. The molecule has 0 spiro atoms. The van der Waals surface area contributed by atoms with Crippen molar-refractivity contribution in [1.82, 2.24) is 15.0 Å². The number of fused-ring (bicyclic) bond motifs is 1. The number of aromatic amines is 1. The van der Waals surface area contributed by atoms with E-state index in [0.29, 0.717) is 0 Å². The lowest BCUT2D eigenvalue weighted by atomic mass is 10.3. The number of H-pyrrole nitrogens is 1. The minimum atomic E-state index is 0.888. The van der Waals surface area contributed by atoms with Crippen molar-refractivity contribution < 1.29 is 0 Å². The lowest BCUT2D eigenvalue weighted by molar-refractivity contribution is 1.28. The normalized spacial score (nSPS) is 10.7. The lowest BCUT2D eigenvalue weighted by Crippen LogP contribution is -1.79. The topological polar surface area (TPSA) is 41.6 Å². The minimum absolute atomic E-state index is 0.888. The predicted octanol–water partition coefficient (Wildman–Crippen LogP) is 2.62. The Labute approximate surface area is 86.8 Å². The van der Waals surface area contributed by atoms with Gasteiger partial charge in [0.2, 0.25) is 0 Å². The zero-order valence-corrected chi connectivity index (χ0v) is 8.01. The molecule has 0 saturated heterocycles. The zero-order chi connectivity index (χ0) is 10.1. The van der Waals surface area contributed by atoms with Crippen LogP contribution in [-0.2, 0) is 0 Å². The Morgan fingerprint density at radius 1 is 0.933 bits per heavy atom. The number of nitrogens with zero attached hydrogens (tertiary/aromatic N) is 2. The molecule has 3 rings (SSSR count). The SMILES string of the molecule is c1ccc2[nH]c(-c3ccncc3)nc2c1. The summed E-state index contributed by atoms with van der Waals surface area (Å²) < 4.78 is 0. The number of pyridine rings is 1. The van der Waals surface area contributed by atoms with E-state index in [0.717, 1.165) is 22.4 Å². The van der Waals surface area contributed by atoms with Crippen LogP contribution < -0.4 is 0 Å². The molecule has 0 radical (unpaired) electrons. The van der Waals surface area contributed by atoms with Gasteiger partial charge in [-0.3, -0.25) is 4.98 Å². The molecule has 0 atom stereocenters. The second-order valence-electron chi connectivity index (χ2n) is 3.34. The quantitative estimate of drug-likeness (QED) is 0.648. The third-order valence-corrected chi connectivity index (χ3v) is 2.34. The van der Waals surface area contributed by atoms with Crippen LogP contribution in [-0.4, -0.2) is 15.0 Å². The van der Waals surface area contributed by atoms with Gasteiger partial charge in [-0.25, -0.2) is 4.98 Å². The summed E-state index contributed by atoms with van der Waals surface area (Å²) in [7, 11) is 0. The molecule has 1 N–H and O–H groups in total. The highest BCUT2D eigenvalue weighted by Gasteiger charge is 2.02. The number of hydrogen-bond donors (Lipinski definition) is 1. The van der Waals surface area contributed by atoms with Crippen LogP contribution in [0.5, 0.6) is 0 Å². The van der Waals surface area contributed by atoms with Crippen LogP contribution >= 0.6 is 0 Å². The maximum absolute atomic E-state index is 4.50. The fourth-order valence-electron chi connectivity index (χ4n) is 1.60. The first-order valence-electron chi connectivity index (χ1n) is 4.78. The molecular weight excluding hydrogens is 186 g/mol. The van der Waals surface area contributed by atoms with Crippen molar-refractivity contribution in [1.29, 1.82) is 0 Å². The Bertz CT molecular complexity index is 551. The first-order chi connectivity index (χ1) is 7.43. The first-order valence-corrected chi connectivity index (χ1v) is 4.78. The van der Waals surface area contributed by atoms with Gasteiger partial charge in [-0.15, -0.1) is 0 Å². The number of benzene rings is 1. The average molecular weight is 195 g/mol. The summed E-state index contributed by atoms with van der Waals surface area (Å²) in [6.07, 6.45) is 3.53. The van der Waals surface area contributed by atoms with Crippen LogP contribution in [0.2, 0.25) is 0 Å². The number of hydrogen-bond acceptors (Lipinski definition) is 2. The number of aromatic nitrogens is 3. The Morgan fingerprint density at radius 3 is 2.53 bits per heavy atom. The minimum Gasteiger partial charge on any atom is -0.338 e. The van der Waals surface area contributed by atoms with Crippen LogP contribution in [0.4, 0.5) is 0 Å². The van der Waals surface area contributed by atoms with Crippen LogP contribution in [0.1, 0.15) is 0 Å². The summed E-state index contributed by atoms with van der Waals surface area (Å²) in [6.45, 7) is 0. The summed E-state index contributed by atoms with van der Waals surface area (Å²) in [4.78, 5) is 11.8. The zero-order valence-electron chi connectivity index (χ0n) is 8.01. The largest absolute Gasteiger partial charge is 0.338 e. The van der Waals surface area contributed by atoms with E-state index < -0.39 is 0 Å². The highest BCUT2D eigenvalue weighted by atomic mass is 14.9. The van der Waals surface area contributed by atoms with Gasteiger partial charge in [0.05, 0.1) is 11.0 Å². The predicted molar refractivity (Wildman–Crippen MR) is 59.3 cm³/mol. The van der Waals surface area contributed by atoms with Crippen molar-refractivity contribution in [3.63, 3.8) is 0 Å². The summed E-state index contributed by atoms with van der Waals surface area (Å²) >= 11 is 0. The standard InChI is InChI=1S/C12H9N3/c1-2-4-11-10(3-1)14-12(15-11)9-5-7-13-8-6-9/h1-8H,(H,14,15). The average Bonchev–Trinajstić information content (AvgIpc) is 2.74. The molecule has 0 aliphatic carbocycles. The molecule has 0 bridgehead atoms. The van der Waals surface area contributed by atoms with E-state index in [-0.39, 0.29) is 0 Å². The van der Waals surface area contributed by atoms with Crippen LogP contribution in [0.25, 0.3) is 22.4 Å². The van der Waals surface area contributed by atoms with Gasteiger partial charge in [-0.2, -0.15) is 0 Å². The molecule has 3 aromatic rings. The van der Waals surface area contributed by atoms with Gasteiger partial charge >= 0.3 is 0 Å². The molecule has 0 fully saturated rings. The fourth-order valence-corrected chi connectivity index (χ4v) is 1.60. The molecule has 2 heterocycles. The molecular formula is C12H9N3. The number of imidazole rings is 1. The summed E-state index contributed by atoms with van der Waals surface area (Å²) in [5, 5.41) is 0. The van der Waals surface area contributed by atoms with Gasteiger partial charge in [0.1, 0.15) is 5.82 Å².